The number of hydrogen-bond donors (Lipinski definition) is 1. The molecular weight excluding hydrogens is 499 g/mol. The molecule has 3 aliphatic heterocycles. The summed E-state index contributed by atoms with van der Waals surface area (Å²) in [5.41, 5.74) is 2.84. The number of aromatic nitrogens is 1. The maximum atomic E-state index is 16.0. The van der Waals surface area contributed by atoms with E-state index in [9.17, 15) is 9.59 Å². The van der Waals surface area contributed by atoms with Gasteiger partial charge in [-0.25, -0.2) is 0 Å². The minimum Gasteiger partial charge on any atom is -0.486 e. The third-order valence-corrected chi connectivity index (χ3v) is 6.94. The lowest BCUT2D eigenvalue weighted by Gasteiger charge is -2.41. The van der Waals surface area contributed by atoms with Crippen molar-refractivity contribution in [3.63, 3.8) is 0 Å². The van der Waals surface area contributed by atoms with Crippen molar-refractivity contribution in [3.05, 3.63) is 95.6 Å². The topological polar surface area (TPSA) is 65.4 Å². The molecule has 1 atom stereocenters. The molecule has 1 unspecified atom stereocenters. The number of allylic oxidation sites excluding steroid dienone is 4. The Hall–Kier alpha value is -4.01. The van der Waals surface area contributed by atoms with Crippen LogP contribution in [0.2, 0.25) is 0 Å². The molecule has 202 valence electrons. The van der Waals surface area contributed by atoms with Crippen LogP contribution in [0.25, 0.3) is 6.08 Å². The number of nitrogens with zero attached hydrogens (tertiary/aromatic N) is 2. The lowest BCUT2D eigenvalue weighted by Crippen LogP contribution is -2.57. The van der Waals surface area contributed by atoms with Crippen molar-refractivity contribution in [2.24, 2.45) is 5.41 Å². The van der Waals surface area contributed by atoms with Crippen molar-refractivity contribution < 1.29 is 27.4 Å². The number of carbonyl (C=O) groups excluding carboxylic acids is 2. The van der Waals surface area contributed by atoms with Crippen LogP contribution in [-0.4, -0.2) is 45.1 Å². The molecule has 3 aliphatic rings. The molecule has 1 aromatic heterocycles. The number of benzene rings is 1. The number of halogens is 2. The summed E-state index contributed by atoms with van der Waals surface area (Å²) in [5, 5.41) is 0. The van der Waals surface area contributed by atoms with Gasteiger partial charge in [-0.1, -0.05) is 39.0 Å². The zero-order chi connectivity index (χ0) is 27.8. The number of nitrogens with one attached hydrogen (secondary N) is 1. The Morgan fingerprint density at radius 2 is 1.90 bits per heavy atom. The predicted molar refractivity (Wildman–Crippen MR) is 148 cm³/mol. The summed E-state index contributed by atoms with van der Waals surface area (Å²) in [7, 11) is 0. The van der Waals surface area contributed by atoms with Crippen LogP contribution in [0.4, 0.5) is 8.63 Å². The van der Waals surface area contributed by atoms with Gasteiger partial charge in [0.2, 0.25) is 0 Å². The lowest BCUT2D eigenvalue weighted by atomic mass is 9.85. The van der Waals surface area contributed by atoms with Gasteiger partial charge in [0.25, 0.3) is 0 Å². The summed E-state index contributed by atoms with van der Waals surface area (Å²) in [6.07, 6.45) is 13.0. The highest BCUT2D eigenvalue weighted by Gasteiger charge is 2.58. The van der Waals surface area contributed by atoms with Crippen LogP contribution in [0, 0.1) is 5.41 Å². The molecule has 0 saturated heterocycles. The molecule has 0 amide bonds. The molecular formula is C30H32BF2N3O3. The molecule has 4 heterocycles. The molecule has 9 heteroatoms. The average Bonchev–Trinajstić information content (AvgIpc) is 3.61. The first kappa shape index (κ1) is 26.6. The highest BCUT2D eigenvalue weighted by atomic mass is 19.2. The van der Waals surface area contributed by atoms with Gasteiger partial charge >= 0.3 is 6.97 Å². The van der Waals surface area contributed by atoms with Gasteiger partial charge in [-0.2, -0.15) is 0 Å². The molecule has 0 saturated carbocycles. The van der Waals surface area contributed by atoms with E-state index in [1.165, 1.54) is 4.81 Å². The standard InChI is InChI=1S/C30H32BF2N3O3/c1-30(2,3)19-25(37)18-26(38)20-39-27-13-7-21(8-14-27)6-9-22-10-11-23-17-24-12-15-29(28-5-4-16-34-28)36(24)31(32,33)35(22)23/h4-14,16-17,29,34H,15,18-20H2,1-3H3/b9-6+. The van der Waals surface area contributed by atoms with E-state index < -0.39 is 13.0 Å². The van der Waals surface area contributed by atoms with Gasteiger partial charge in [-0.15, -0.1) is 0 Å². The normalized spacial score (nSPS) is 19.7. The molecule has 0 spiro atoms. The quantitative estimate of drug-likeness (QED) is 0.319. The first-order valence-corrected chi connectivity index (χ1v) is 13.2. The third kappa shape index (κ3) is 5.72. The number of H-pyrrole nitrogens is 1. The van der Waals surface area contributed by atoms with Gasteiger partial charge in [-0.05, 0) is 47.7 Å². The van der Waals surface area contributed by atoms with Gasteiger partial charge in [0, 0.05) is 54.4 Å². The van der Waals surface area contributed by atoms with Crippen LogP contribution in [0.3, 0.4) is 0 Å². The first-order chi connectivity index (χ1) is 18.5. The maximum Gasteiger partial charge on any atom is 0.734 e. The molecule has 5 rings (SSSR count). The van der Waals surface area contributed by atoms with Crippen molar-refractivity contribution in [2.45, 2.75) is 46.1 Å². The van der Waals surface area contributed by atoms with Crippen LogP contribution >= 0.6 is 0 Å². The van der Waals surface area contributed by atoms with E-state index in [0.717, 1.165) is 15.7 Å². The van der Waals surface area contributed by atoms with Crippen LogP contribution in [0.5, 0.6) is 5.75 Å². The summed E-state index contributed by atoms with van der Waals surface area (Å²) in [5.74, 6) is 0.142. The van der Waals surface area contributed by atoms with E-state index >= 15 is 8.63 Å². The Morgan fingerprint density at radius 3 is 2.59 bits per heavy atom. The van der Waals surface area contributed by atoms with Crippen molar-refractivity contribution >= 4 is 30.3 Å². The number of Topliss-reactive ketones (excluding diaryl/α,β-unsaturated/α-hetero) is 2. The fourth-order valence-electron chi connectivity index (χ4n) is 5.30. The van der Waals surface area contributed by atoms with Crippen molar-refractivity contribution in [1.82, 2.24) is 9.79 Å². The number of rotatable bonds is 9. The molecule has 0 aliphatic carbocycles. The largest absolute Gasteiger partial charge is 0.734 e. The van der Waals surface area contributed by atoms with Gasteiger partial charge in [0.15, 0.2) is 17.2 Å². The number of aromatic amines is 1. The summed E-state index contributed by atoms with van der Waals surface area (Å²) in [4.78, 5) is 28.4. The second-order valence-corrected chi connectivity index (χ2v) is 11.4. The Bertz CT molecular complexity index is 1430. The van der Waals surface area contributed by atoms with E-state index in [0.29, 0.717) is 35.7 Å². The average molecular weight is 531 g/mol. The lowest BCUT2D eigenvalue weighted by molar-refractivity contribution is -0.373. The van der Waals surface area contributed by atoms with Gasteiger partial charge in [0.1, 0.15) is 18.1 Å². The minimum atomic E-state index is -4.05. The molecule has 1 aromatic carbocycles. The van der Waals surface area contributed by atoms with E-state index in [4.69, 9.17) is 4.74 Å². The summed E-state index contributed by atoms with van der Waals surface area (Å²) >= 11 is 0. The smallest absolute Gasteiger partial charge is 0.486 e. The zero-order valence-corrected chi connectivity index (χ0v) is 22.4. The fraction of sp³-hybridized carbons (Fsp3) is 0.300. The predicted octanol–water partition coefficient (Wildman–Crippen LogP) is 6.00. The number of ketones is 2. The van der Waals surface area contributed by atoms with Gasteiger partial charge in [0.05, 0.1) is 6.42 Å². The summed E-state index contributed by atoms with van der Waals surface area (Å²) in [6, 6.07) is 10.2. The summed E-state index contributed by atoms with van der Waals surface area (Å²) < 4.78 is 38.6. The fourth-order valence-corrected chi connectivity index (χ4v) is 5.30. The van der Waals surface area contributed by atoms with E-state index in [2.05, 4.69) is 4.98 Å². The SMILES string of the molecule is CC(C)(C)CC(=O)CC(=O)COc1ccc(/C=C/C2=[N+]3C(=CC4=CCC(c5ccc[nH]5)N4[B-]3(F)F)C=C2)cc1. The summed E-state index contributed by atoms with van der Waals surface area (Å²) in [6.45, 7) is 1.64. The second-order valence-electron chi connectivity index (χ2n) is 11.4. The molecule has 39 heavy (non-hydrogen) atoms. The van der Waals surface area contributed by atoms with Crippen LogP contribution < -0.4 is 4.74 Å². The number of fused-ring (bicyclic) bond motifs is 2. The van der Waals surface area contributed by atoms with Gasteiger partial charge < -0.3 is 27.6 Å². The molecule has 0 fully saturated rings. The highest BCUT2D eigenvalue weighted by Crippen LogP contribution is 2.44. The molecule has 6 nitrogen and oxygen atoms in total. The molecule has 1 N–H and O–H groups in total. The Morgan fingerprint density at radius 1 is 1.13 bits per heavy atom. The van der Waals surface area contributed by atoms with Crippen LogP contribution in [-0.2, 0) is 9.59 Å². The number of carbonyl (C=O) groups is 2. The van der Waals surface area contributed by atoms with E-state index in [1.54, 1.807) is 54.8 Å². The molecule has 0 bridgehead atoms. The molecule has 0 radical (unpaired) electrons. The Labute approximate surface area is 227 Å². The third-order valence-electron chi connectivity index (χ3n) is 6.94. The van der Waals surface area contributed by atoms with E-state index in [-0.39, 0.29) is 30.0 Å². The Balaban J connectivity index is 1.25. The van der Waals surface area contributed by atoms with Crippen molar-refractivity contribution in [3.8, 4) is 5.75 Å². The zero-order valence-electron chi connectivity index (χ0n) is 22.4. The van der Waals surface area contributed by atoms with Gasteiger partial charge in [-0.3, -0.25) is 9.59 Å². The highest BCUT2D eigenvalue weighted by molar-refractivity contribution is 6.57. The second kappa shape index (κ2) is 10.3. The van der Waals surface area contributed by atoms with Crippen molar-refractivity contribution in [1.29, 1.82) is 0 Å². The number of ether oxygens (including phenoxy) is 1. The van der Waals surface area contributed by atoms with E-state index in [1.807, 2.05) is 45.1 Å². The monoisotopic (exact) mass is 531 g/mol. The van der Waals surface area contributed by atoms with Crippen LogP contribution in [0.1, 0.15) is 57.3 Å². The maximum absolute atomic E-state index is 16.0. The number of hydrogen-bond acceptors (Lipinski definition) is 4. The van der Waals surface area contributed by atoms with Crippen LogP contribution in [0.15, 0.2) is 84.4 Å². The van der Waals surface area contributed by atoms with Crippen molar-refractivity contribution in [2.75, 3.05) is 6.61 Å². The minimum absolute atomic E-state index is 0.0921. The first-order valence-electron chi connectivity index (χ1n) is 13.2. The molecule has 2 aromatic rings. The Kier molecular flexibility index (Phi) is 7.01.